The maximum atomic E-state index is 12.5. The van der Waals surface area contributed by atoms with E-state index in [0.717, 1.165) is 17.5 Å². The van der Waals surface area contributed by atoms with Gasteiger partial charge in [-0.05, 0) is 54.0 Å². The highest BCUT2D eigenvalue weighted by atomic mass is 35.5. The second-order valence-electron chi connectivity index (χ2n) is 6.78. The predicted molar refractivity (Wildman–Crippen MR) is 119 cm³/mol. The van der Waals surface area contributed by atoms with E-state index in [4.69, 9.17) is 23.2 Å². The Kier molecular flexibility index (Phi) is 7.50. The Labute approximate surface area is 181 Å². The number of hydrogen-bond donors (Lipinski definition) is 0. The van der Waals surface area contributed by atoms with Crippen LogP contribution in [0.15, 0.2) is 60.7 Å². The predicted octanol–water partition coefficient (Wildman–Crippen LogP) is 4.78. The third-order valence-corrected chi connectivity index (χ3v) is 5.12. The summed E-state index contributed by atoms with van der Waals surface area (Å²) in [4.78, 5) is 28.6. The SMILES string of the molecule is O=C(/C=C/c1cccc(Cl)c1)N1CCCN(C(=O)/C=C/c2cccc(Cl)c2)CC1. The van der Waals surface area contributed by atoms with Crippen molar-refractivity contribution in [1.29, 1.82) is 0 Å². The molecule has 2 amide bonds. The Morgan fingerprint density at radius 3 is 1.59 bits per heavy atom. The molecule has 6 heteroatoms. The minimum Gasteiger partial charge on any atom is -0.337 e. The lowest BCUT2D eigenvalue weighted by Crippen LogP contribution is -2.36. The first-order chi connectivity index (χ1) is 14.0. The Balaban J connectivity index is 1.55. The van der Waals surface area contributed by atoms with Crippen molar-refractivity contribution < 1.29 is 9.59 Å². The summed E-state index contributed by atoms with van der Waals surface area (Å²) in [6.45, 7) is 2.27. The van der Waals surface area contributed by atoms with Gasteiger partial charge >= 0.3 is 0 Å². The molecule has 0 bridgehead atoms. The van der Waals surface area contributed by atoms with Gasteiger partial charge in [0.1, 0.15) is 0 Å². The summed E-state index contributed by atoms with van der Waals surface area (Å²) in [5.74, 6) is -0.123. The molecule has 29 heavy (non-hydrogen) atoms. The van der Waals surface area contributed by atoms with Gasteiger partial charge in [0.2, 0.25) is 11.8 Å². The first kappa shape index (κ1) is 21.2. The molecule has 4 nitrogen and oxygen atoms in total. The van der Waals surface area contributed by atoms with Crippen molar-refractivity contribution in [2.75, 3.05) is 26.2 Å². The van der Waals surface area contributed by atoms with Crippen molar-refractivity contribution in [3.05, 3.63) is 81.9 Å². The molecule has 0 N–H and O–H groups in total. The van der Waals surface area contributed by atoms with E-state index in [-0.39, 0.29) is 11.8 Å². The molecule has 150 valence electrons. The molecule has 0 unspecified atom stereocenters. The summed E-state index contributed by atoms with van der Waals surface area (Å²) < 4.78 is 0. The van der Waals surface area contributed by atoms with E-state index >= 15 is 0 Å². The van der Waals surface area contributed by atoms with E-state index in [0.29, 0.717) is 36.2 Å². The molecule has 0 aromatic heterocycles. The number of carbonyl (C=O) groups is 2. The van der Waals surface area contributed by atoms with Crippen LogP contribution in [0.5, 0.6) is 0 Å². The molecule has 3 rings (SSSR count). The highest BCUT2D eigenvalue weighted by molar-refractivity contribution is 6.31. The van der Waals surface area contributed by atoms with Crippen molar-refractivity contribution in [1.82, 2.24) is 9.80 Å². The Morgan fingerprint density at radius 2 is 1.17 bits per heavy atom. The molecular weight excluding hydrogens is 407 g/mol. The van der Waals surface area contributed by atoms with Gasteiger partial charge in [-0.25, -0.2) is 0 Å². The lowest BCUT2D eigenvalue weighted by molar-refractivity contribution is -0.128. The molecule has 1 saturated heterocycles. The number of hydrogen-bond acceptors (Lipinski definition) is 2. The van der Waals surface area contributed by atoms with Crippen LogP contribution in [-0.4, -0.2) is 47.8 Å². The minimum atomic E-state index is -0.0613. The maximum Gasteiger partial charge on any atom is 0.246 e. The first-order valence-corrected chi connectivity index (χ1v) is 10.2. The quantitative estimate of drug-likeness (QED) is 0.657. The van der Waals surface area contributed by atoms with Crippen molar-refractivity contribution in [2.24, 2.45) is 0 Å². The molecule has 2 aromatic rings. The van der Waals surface area contributed by atoms with E-state index in [2.05, 4.69) is 0 Å². The summed E-state index contributed by atoms with van der Waals surface area (Å²) in [5, 5.41) is 1.27. The fourth-order valence-electron chi connectivity index (χ4n) is 3.12. The largest absolute Gasteiger partial charge is 0.337 e. The zero-order valence-corrected chi connectivity index (χ0v) is 17.4. The molecule has 1 fully saturated rings. The number of carbonyl (C=O) groups excluding carboxylic acids is 2. The van der Waals surface area contributed by atoms with Gasteiger partial charge in [0, 0.05) is 48.4 Å². The molecule has 0 radical (unpaired) electrons. The summed E-state index contributed by atoms with van der Waals surface area (Å²) in [7, 11) is 0. The van der Waals surface area contributed by atoms with Gasteiger partial charge in [-0.2, -0.15) is 0 Å². The van der Waals surface area contributed by atoms with Gasteiger partial charge in [0.05, 0.1) is 0 Å². The number of amides is 2. The zero-order valence-electron chi connectivity index (χ0n) is 15.9. The molecule has 0 saturated carbocycles. The zero-order chi connectivity index (χ0) is 20.6. The van der Waals surface area contributed by atoms with Crippen LogP contribution < -0.4 is 0 Å². The van der Waals surface area contributed by atoms with Gasteiger partial charge in [0.15, 0.2) is 0 Å². The summed E-state index contributed by atoms with van der Waals surface area (Å²) in [5.41, 5.74) is 1.76. The Bertz CT molecular complexity index is 864. The van der Waals surface area contributed by atoms with Crippen molar-refractivity contribution >= 4 is 47.2 Å². The average molecular weight is 429 g/mol. The maximum absolute atomic E-state index is 12.5. The summed E-state index contributed by atoms with van der Waals surface area (Å²) >= 11 is 11.9. The van der Waals surface area contributed by atoms with E-state index in [9.17, 15) is 9.59 Å². The fraction of sp³-hybridized carbons (Fsp3) is 0.217. The first-order valence-electron chi connectivity index (χ1n) is 9.46. The molecule has 1 heterocycles. The van der Waals surface area contributed by atoms with E-state index in [1.807, 2.05) is 24.3 Å². The molecule has 0 aliphatic carbocycles. The summed E-state index contributed by atoms with van der Waals surface area (Å²) in [6.07, 6.45) is 7.38. The monoisotopic (exact) mass is 428 g/mol. The third-order valence-electron chi connectivity index (χ3n) is 4.65. The van der Waals surface area contributed by atoms with E-state index in [1.165, 1.54) is 0 Å². The number of benzene rings is 2. The van der Waals surface area contributed by atoms with Crippen LogP contribution in [-0.2, 0) is 9.59 Å². The van der Waals surface area contributed by atoms with Crippen LogP contribution in [0.4, 0.5) is 0 Å². The lowest BCUT2D eigenvalue weighted by Gasteiger charge is -2.20. The Hall–Kier alpha value is -2.56. The summed E-state index contributed by atoms with van der Waals surface area (Å²) in [6, 6.07) is 14.7. The standard InChI is InChI=1S/C23H22Cl2N2O2/c24-20-6-1-4-18(16-20)8-10-22(28)26-12-3-13-27(15-14-26)23(29)11-9-19-5-2-7-21(25)17-19/h1-2,4-11,16-17H,3,12-15H2/b10-8+,11-9+. The van der Waals surface area contributed by atoms with Gasteiger partial charge in [-0.1, -0.05) is 47.5 Å². The highest BCUT2D eigenvalue weighted by Gasteiger charge is 2.19. The second-order valence-corrected chi connectivity index (χ2v) is 7.65. The minimum absolute atomic E-state index is 0.0613. The molecule has 1 aliphatic heterocycles. The van der Waals surface area contributed by atoms with Gasteiger partial charge in [0.25, 0.3) is 0 Å². The molecule has 0 spiro atoms. The average Bonchev–Trinajstić information content (AvgIpc) is 2.97. The highest BCUT2D eigenvalue weighted by Crippen LogP contribution is 2.14. The second kappa shape index (κ2) is 10.3. The van der Waals surface area contributed by atoms with Crippen LogP contribution in [0.2, 0.25) is 10.0 Å². The van der Waals surface area contributed by atoms with Crippen LogP contribution in [0.25, 0.3) is 12.2 Å². The van der Waals surface area contributed by atoms with Crippen LogP contribution in [0.1, 0.15) is 17.5 Å². The van der Waals surface area contributed by atoms with Crippen LogP contribution in [0.3, 0.4) is 0 Å². The van der Waals surface area contributed by atoms with Gasteiger partial charge in [-0.3, -0.25) is 9.59 Å². The molecule has 0 atom stereocenters. The van der Waals surface area contributed by atoms with Gasteiger partial charge < -0.3 is 9.80 Å². The lowest BCUT2D eigenvalue weighted by atomic mass is 10.2. The number of nitrogens with zero attached hydrogens (tertiary/aromatic N) is 2. The van der Waals surface area contributed by atoms with Crippen LogP contribution >= 0.6 is 23.2 Å². The van der Waals surface area contributed by atoms with E-state index in [1.54, 1.807) is 58.4 Å². The van der Waals surface area contributed by atoms with Crippen molar-refractivity contribution in [2.45, 2.75) is 6.42 Å². The van der Waals surface area contributed by atoms with Crippen LogP contribution in [0, 0.1) is 0 Å². The van der Waals surface area contributed by atoms with Crippen molar-refractivity contribution in [3.63, 3.8) is 0 Å². The van der Waals surface area contributed by atoms with Crippen molar-refractivity contribution in [3.8, 4) is 0 Å². The topological polar surface area (TPSA) is 40.6 Å². The molecule has 1 aliphatic rings. The van der Waals surface area contributed by atoms with Gasteiger partial charge in [-0.15, -0.1) is 0 Å². The number of rotatable bonds is 4. The molecule has 2 aromatic carbocycles. The third kappa shape index (κ3) is 6.48. The Morgan fingerprint density at radius 1 is 0.724 bits per heavy atom. The molecular formula is C23H22Cl2N2O2. The normalized spacial score (nSPS) is 15.1. The smallest absolute Gasteiger partial charge is 0.246 e. The van der Waals surface area contributed by atoms with E-state index < -0.39 is 0 Å². The fourth-order valence-corrected chi connectivity index (χ4v) is 3.52. The number of halogens is 2.